The van der Waals surface area contributed by atoms with Crippen LogP contribution in [0.25, 0.3) is 0 Å². The average Bonchev–Trinajstić information content (AvgIpc) is 3.65. The molecule has 1 aromatic rings. The van der Waals surface area contributed by atoms with E-state index in [-0.39, 0.29) is 24.5 Å². The van der Waals surface area contributed by atoms with Gasteiger partial charge in [-0.2, -0.15) is 0 Å². The molecule has 13 heteroatoms. The summed E-state index contributed by atoms with van der Waals surface area (Å²) in [6, 6.07) is 7.71. The Balaban J connectivity index is 1.41. The van der Waals surface area contributed by atoms with Crippen LogP contribution in [0.1, 0.15) is 26.7 Å². The fourth-order valence-electron chi connectivity index (χ4n) is 4.34. The summed E-state index contributed by atoms with van der Waals surface area (Å²) in [6.45, 7) is 3.34. The van der Waals surface area contributed by atoms with Crippen molar-refractivity contribution in [3.8, 4) is 0 Å². The summed E-state index contributed by atoms with van der Waals surface area (Å²) >= 11 is 22.0. The minimum absolute atomic E-state index is 0.0247. The lowest BCUT2D eigenvalue weighted by atomic mass is 9.96. The fourth-order valence-corrected chi connectivity index (χ4v) is 6.82. The number of carbonyl (C=O) groups excluding carboxylic acids is 3. The molecule has 3 aliphatic rings. The van der Waals surface area contributed by atoms with Gasteiger partial charge in [0.05, 0.1) is 16.5 Å². The summed E-state index contributed by atoms with van der Waals surface area (Å²) < 4.78 is 2.74. The highest BCUT2D eigenvalue weighted by molar-refractivity contribution is 9.09. The standard InChI is InChI=1S/C23H27BrCl3N3O5S/c1-13(14-8-9-14)35-29(15-6-4-3-5-7-15)10-16(31)28-17-19(32)30-18(21(33)34-12-23(25,26)27)22(2,11-24)36-20(17)30/h3-7,13-14,17-18,20H,8-12H2,1-2H3,(H,28,31)/t13?,17?,18?,20-,22?/m1/s1. The summed E-state index contributed by atoms with van der Waals surface area (Å²) in [5.41, 5.74) is 0.751. The predicted octanol–water partition coefficient (Wildman–Crippen LogP) is 4.06. The normalized spacial score (nSPS) is 28.2. The minimum atomic E-state index is -1.76. The van der Waals surface area contributed by atoms with Gasteiger partial charge in [-0.25, -0.2) is 9.86 Å². The number of nitrogens with one attached hydrogen (secondary N) is 1. The number of thioether (sulfide) groups is 1. The number of anilines is 1. The van der Waals surface area contributed by atoms with E-state index in [0.717, 1.165) is 18.5 Å². The van der Waals surface area contributed by atoms with Crippen LogP contribution in [0.2, 0.25) is 0 Å². The minimum Gasteiger partial charge on any atom is -0.460 e. The van der Waals surface area contributed by atoms with E-state index in [4.69, 9.17) is 44.4 Å². The maximum absolute atomic E-state index is 13.1. The molecule has 3 fully saturated rings. The predicted molar refractivity (Wildman–Crippen MR) is 144 cm³/mol. The van der Waals surface area contributed by atoms with Crippen molar-refractivity contribution in [2.75, 3.05) is 23.5 Å². The molecule has 1 aliphatic carbocycles. The quantitative estimate of drug-likeness (QED) is 0.178. The van der Waals surface area contributed by atoms with E-state index in [9.17, 15) is 14.4 Å². The number of hydrogen-bond donors (Lipinski definition) is 1. The summed E-state index contributed by atoms with van der Waals surface area (Å²) in [6.07, 6.45) is 2.20. The molecule has 1 N–H and O–H groups in total. The Kier molecular flexibility index (Phi) is 8.64. The zero-order valence-corrected chi connectivity index (χ0v) is 24.3. The number of hydroxylamine groups is 1. The first-order valence-corrected chi connectivity index (χ1v) is 14.6. The third-order valence-corrected chi connectivity index (χ3v) is 9.93. The van der Waals surface area contributed by atoms with Crippen molar-refractivity contribution in [1.82, 2.24) is 10.2 Å². The van der Waals surface area contributed by atoms with Crippen LogP contribution in [0.15, 0.2) is 30.3 Å². The summed E-state index contributed by atoms with van der Waals surface area (Å²) in [5, 5.41) is 4.39. The second-order valence-electron chi connectivity index (χ2n) is 9.39. The molecule has 8 nitrogen and oxygen atoms in total. The number of β-lactam (4-membered cyclic amide) rings is 1. The van der Waals surface area contributed by atoms with Gasteiger partial charge >= 0.3 is 5.97 Å². The molecule has 0 spiro atoms. The number of carbonyl (C=O) groups is 3. The van der Waals surface area contributed by atoms with Gasteiger partial charge in [-0.3, -0.25) is 14.4 Å². The van der Waals surface area contributed by atoms with Crippen LogP contribution < -0.4 is 10.4 Å². The molecule has 36 heavy (non-hydrogen) atoms. The Morgan fingerprint density at radius 1 is 1.31 bits per heavy atom. The number of para-hydroxylation sites is 1. The Bertz CT molecular complexity index is 999. The largest absolute Gasteiger partial charge is 0.460 e. The molecule has 198 valence electrons. The lowest BCUT2D eigenvalue weighted by molar-refractivity contribution is -0.164. The molecule has 2 heterocycles. The lowest BCUT2D eigenvalue weighted by Gasteiger charge is -2.44. The summed E-state index contributed by atoms with van der Waals surface area (Å²) in [4.78, 5) is 46.5. The highest BCUT2D eigenvalue weighted by Crippen LogP contribution is 2.52. The number of ether oxygens (including phenoxy) is 1. The van der Waals surface area contributed by atoms with Gasteiger partial charge in [-0.15, -0.1) is 11.8 Å². The van der Waals surface area contributed by atoms with Gasteiger partial charge in [0.1, 0.15) is 30.6 Å². The Morgan fingerprint density at radius 3 is 2.56 bits per heavy atom. The molecule has 2 aliphatic heterocycles. The zero-order valence-electron chi connectivity index (χ0n) is 19.7. The van der Waals surface area contributed by atoms with Crippen LogP contribution in [0.3, 0.4) is 0 Å². The summed E-state index contributed by atoms with van der Waals surface area (Å²) in [7, 11) is 0. The monoisotopic (exact) mass is 641 g/mol. The molecule has 0 bridgehead atoms. The molecule has 0 radical (unpaired) electrons. The number of benzene rings is 1. The van der Waals surface area contributed by atoms with E-state index >= 15 is 0 Å². The topological polar surface area (TPSA) is 88.2 Å². The molecule has 4 rings (SSSR count). The van der Waals surface area contributed by atoms with E-state index in [1.807, 2.05) is 44.2 Å². The van der Waals surface area contributed by atoms with Crippen molar-refractivity contribution in [1.29, 1.82) is 0 Å². The zero-order chi connectivity index (χ0) is 26.3. The van der Waals surface area contributed by atoms with Gasteiger partial charge in [-0.1, -0.05) is 68.9 Å². The number of alkyl halides is 4. The number of hydrogen-bond acceptors (Lipinski definition) is 7. The third-order valence-electron chi connectivity index (χ3n) is 6.42. The molecule has 5 atom stereocenters. The highest BCUT2D eigenvalue weighted by atomic mass is 79.9. The first-order chi connectivity index (χ1) is 16.9. The van der Waals surface area contributed by atoms with E-state index in [1.165, 1.54) is 16.7 Å². The van der Waals surface area contributed by atoms with Crippen molar-refractivity contribution < 1.29 is 24.0 Å². The van der Waals surface area contributed by atoms with Gasteiger partial charge in [0.2, 0.25) is 15.6 Å². The second kappa shape index (κ2) is 11.1. The molecule has 1 aromatic carbocycles. The van der Waals surface area contributed by atoms with Gasteiger partial charge in [0.25, 0.3) is 0 Å². The first kappa shape index (κ1) is 28.1. The van der Waals surface area contributed by atoms with Crippen LogP contribution >= 0.6 is 62.5 Å². The van der Waals surface area contributed by atoms with E-state index in [2.05, 4.69) is 21.2 Å². The van der Waals surface area contributed by atoms with E-state index in [0.29, 0.717) is 11.2 Å². The molecular weight excluding hydrogens is 617 g/mol. The van der Waals surface area contributed by atoms with Gasteiger partial charge in [0.15, 0.2) is 0 Å². The lowest BCUT2D eigenvalue weighted by Crippen LogP contribution is -2.71. The number of amides is 2. The van der Waals surface area contributed by atoms with Crippen LogP contribution in [0.4, 0.5) is 5.69 Å². The van der Waals surface area contributed by atoms with Crippen molar-refractivity contribution in [2.45, 2.75) is 58.8 Å². The molecule has 2 saturated heterocycles. The van der Waals surface area contributed by atoms with Gasteiger partial charge in [0, 0.05) is 5.33 Å². The molecule has 2 amide bonds. The van der Waals surface area contributed by atoms with E-state index < -0.39 is 38.6 Å². The maximum atomic E-state index is 13.1. The van der Waals surface area contributed by atoms with Crippen LogP contribution in [0.5, 0.6) is 0 Å². The molecule has 0 aromatic heterocycles. The van der Waals surface area contributed by atoms with Crippen LogP contribution in [-0.4, -0.2) is 73.3 Å². The average molecular weight is 644 g/mol. The number of halogens is 4. The van der Waals surface area contributed by atoms with Crippen molar-refractivity contribution >= 4 is 86.0 Å². The number of rotatable bonds is 10. The Hall–Kier alpha value is -0.910. The summed E-state index contributed by atoms with van der Waals surface area (Å²) in [5.74, 6) is -0.895. The van der Waals surface area contributed by atoms with Crippen molar-refractivity contribution in [3.63, 3.8) is 0 Å². The first-order valence-electron chi connectivity index (χ1n) is 11.5. The smallest absolute Gasteiger partial charge is 0.330 e. The second-order valence-corrected chi connectivity index (χ2v) is 14.1. The number of fused-ring (bicyclic) bond motifs is 1. The van der Waals surface area contributed by atoms with Crippen LogP contribution in [0, 0.1) is 5.92 Å². The fraction of sp³-hybridized carbons (Fsp3) is 0.609. The Morgan fingerprint density at radius 2 is 1.97 bits per heavy atom. The maximum Gasteiger partial charge on any atom is 0.330 e. The highest BCUT2D eigenvalue weighted by Gasteiger charge is 2.65. The van der Waals surface area contributed by atoms with Gasteiger partial charge < -0.3 is 15.0 Å². The molecule has 1 saturated carbocycles. The van der Waals surface area contributed by atoms with Crippen molar-refractivity contribution in [2.24, 2.45) is 5.92 Å². The molecule has 4 unspecified atom stereocenters. The number of esters is 1. The third kappa shape index (κ3) is 6.21. The van der Waals surface area contributed by atoms with Gasteiger partial charge in [-0.05, 0) is 44.7 Å². The number of nitrogens with zero attached hydrogens (tertiary/aromatic N) is 2. The SMILES string of the molecule is CC(ON(CC(=O)NC1C(=O)N2C(C(=O)OCC(Cl)(Cl)Cl)C(C)(CBr)S[C@H]12)c1ccccc1)C1CC1. The Labute approximate surface area is 237 Å². The van der Waals surface area contributed by atoms with Crippen LogP contribution in [-0.2, 0) is 24.0 Å². The van der Waals surface area contributed by atoms with Crippen molar-refractivity contribution in [3.05, 3.63) is 30.3 Å². The van der Waals surface area contributed by atoms with E-state index in [1.54, 1.807) is 5.06 Å². The molecular formula is C23H27BrCl3N3O5S.